The summed E-state index contributed by atoms with van der Waals surface area (Å²) in [4.78, 5) is 0. The highest BCUT2D eigenvalue weighted by atomic mass is 79.9. The maximum Gasteiger partial charge on any atom is 0.123 e. The molecule has 0 unspecified atom stereocenters. The summed E-state index contributed by atoms with van der Waals surface area (Å²) in [6.07, 6.45) is 0. The van der Waals surface area contributed by atoms with Crippen LogP contribution in [0.2, 0.25) is 0 Å². The van der Waals surface area contributed by atoms with Crippen molar-refractivity contribution in [3.8, 4) is 5.75 Å². The van der Waals surface area contributed by atoms with Crippen LogP contribution in [0.3, 0.4) is 0 Å². The Kier molecular flexibility index (Phi) is 2.98. The smallest absolute Gasteiger partial charge is 0.123 e. The summed E-state index contributed by atoms with van der Waals surface area (Å²) >= 11 is 3.41. The lowest BCUT2D eigenvalue weighted by atomic mass is 9.95. The van der Waals surface area contributed by atoms with E-state index in [1.807, 2.05) is 32.0 Å². The average Bonchev–Trinajstić information content (AvgIpc) is 2.03. The zero-order valence-corrected chi connectivity index (χ0v) is 9.68. The minimum Gasteiger partial charge on any atom is -0.496 e. The maximum atomic E-state index is 6.00. The van der Waals surface area contributed by atoms with Gasteiger partial charge in [-0.05, 0) is 32.0 Å². The van der Waals surface area contributed by atoms with Crippen molar-refractivity contribution in [2.45, 2.75) is 19.4 Å². The minimum absolute atomic E-state index is 0.380. The first-order chi connectivity index (χ1) is 5.95. The van der Waals surface area contributed by atoms with E-state index in [2.05, 4.69) is 15.9 Å². The van der Waals surface area contributed by atoms with E-state index >= 15 is 0 Å². The lowest BCUT2D eigenvalue weighted by molar-refractivity contribution is 0.394. The summed E-state index contributed by atoms with van der Waals surface area (Å²) in [6.45, 7) is 3.91. The molecule has 0 atom stereocenters. The van der Waals surface area contributed by atoms with Crippen LogP contribution >= 0.6 is 15.9 Å². The van der Waals surface area contributed by atoms with E-state index in [9.17, 15) is 0 Å². The van der Waals surface area contributed by atoms with Crippen molar-refractivity contribution in [3.05, 3.63) is 28.2 Å². The molecule has 0 heterocycles. The topological polar surface area (TPSA) is 35.2 Å². The largest absolute Gasteiger partial charge is 0.496 e. The third-order valence-electron chi connectivity index (χ3n) is 1.86. The Balaban J connectivity index is 3.24. The molecule has 0 spiro atoms. The van der Waals surface area contributed by atoms with Crippen molar-refractivity contribution in [1.29, 1.82) is 0 Å². The van der Waals surface area contributed by atoms with Gasteiger partial charge in [-0.1, -0.05) is 15.9 Å². The molecule has 0 aromatic heterocycles. The molecular formula is C10H14BrNO. The second-order valence-corrected chi connectivity index (χ2v) is 4.48. The molecule has 1 aromatic rings. The van der Waals surface area contributed by atoms with Crippen LogP contribution in [0.1, 0.15) is 19.4 Å². The van der Waals surface area contributed by atoms with Crippen molar-refractivity contribution in [3.63, 3.8) is 0 Å². The zero-order chi connectivity index (χ0) is 10.1. The van der Waals surface area contributed by atoms with Gasteiger partial charge < -0.3 is 10.5 Å². The van der Waals surface area contributed by atoms with Gasteiger partial charge in [-0.25, -0.2) is 0 Å². The summed E-state index contributed by atoms with van der Waals surface area (Å²) in [6, 6.07) is 5.83. The Morgan fingerprint density at radius 1 is 1.38 bits per heavy atom. The molecule has 1 rings (SSSR count). The number of hydrogen-bond donors (Lipinski definition) is 1. The monoisotopic (exact) mass is 243 g/mol. The Labute approximate surface area is 87.2 Å². The molecule has 0 saturated carbocycles. The van der Waals surface area contributed by atoms with Gasteiger partial charge in [0.2, 0.25) is 0 Å². The van der Waals surface area contributed by atoms with Crippen LogP contribution < -0.4 is 10.5 Å². The number of hydrogen-bond acceptors (Lipinski definition) is 2. The average molecular weight is 244 g/mol. The second kappa shape index (κ2) is 3.68. The highest BCUT2D eigenvalue weighted by Crippen LogP contribution is 2.30. The van der Waals surface area contributed by atoms with Crippen molar-refractivity contribution >= 4 is 15.9 Å². The van der Waals surface area contributed by atoms with E-state index in [1.165, 1.54) is 0 Å². The molecule has 0 saturated heterocycles. The van der Waals surface area contributed by atoms with Gasteiger partial charge in [0.15, 0.2) is 0 Å². The van der Waals surface area contributed by atoms with E-state index in [1.54, 1.807) is 7.11 Å². The molecule has 13 heavy (non-hydrogen) atoms. The number of benzene rings is 1. The Morgan fingerprint density at radius 2 is 2.00 bits per heavy atom. The number of rotatable bonds is 2. The lowest BCUT2D eigenvalue weighted by Gasteiger charge is -2.22. The van der Waals surface area contributed by atoms with Gasteiger partial charge in [-0.3, -0.25) is 0 Å². The van der Waals surface area contributed by atoms with Crippen LogP contribution in [-0.2, 0) is 5.54 Å². The van der Waals surface area contributed by atoms with Crippen LogP contribution in [0.4, 0.5) is 0 Å². The molecular weight excluding hydrogens is 230 g/mol. The highest BCUT2D eigenvalue weighted by Gasteiger charge is 2.19. The Bertz CT molecular complexity index is 304. The van der Waals surface area contributed by atoms with Gasteiger partial charge in [0.25, 0.3) is 0 Å². The standard InChI is InChI=1S/C10H14BrNO/c1-10(2,12)8-6-7(11)4-5-9(8)13-3/h4-6H,12H2,1-3H3. The fraction of sp³-hybridized carbons (Fsp3) is 0.400. The number of methoxy groups -OCH3 is 1. The molecule has 0 fully saturated rings. The van der Waals surface area contributed by atoms with Crippen LogP contribution in [0.15, 0.2) is 22.7 Å². The molecule has 0 bridgehead atoms. The summed E-state index contributed by atoms with van der Waals surface area (Å²) in [5, 5.41) is 0. The minimum atomic E-state index is -0.380. The zero-order valence-electron chi connectivity index (χ0n) is 8.10. The van der Waals surface area contributed by atoms with Crippen LogP contribution in [0, 0.1) is 0 Å². The van der Waals surface area contributed by atoms with E-state index in [0.29, 0.717) is 0 Å². The first kappa shape index (κ1) is 10.5. The van der Waals surface area contributed by atoms with Crippen molar-refractivity contribution in [1.82, 2.24) is 0 Å². The lowest BCUT2D eigenvalue weighted by Crippen LogP contribution is -2.29. The SMILES string of the molecule is COc1ccc(Br)cc1C(C)(C)N. The molecule has 1 aromatic carbocycles. The number of halogens is 1. The maximum absolute atomic E-state index is 6.00. The van der Waals surface area contributed by atoms with Gasteiger partial charge in [0.1, 0.15) is 5.75 Å². The highest BCUT2D eigenvalue weighted by molar-refractivity contribution is 9.10. The van der Waals surface area contributed by atoms with E-state index in [-0.39, 0.29) is 5.54 Å². The van der Waals surface area contributed by atoms with E-state index in [0.717, 1.165) is 15.8 Å². The molecule has 2 nitrogen and oxygen atoms in total. The van der Waals surface area contributed by atoms with Crippen LogP contribution in [-0.4, -0.2) is 7.11 Å². The van der Waals surface area contributed by atoms with Gasteiger partial charge in [-0.2, -0.15) is 0 Å². The first-order valence-electron chi connectivity index (χ1n) is 4.08. The van der Waals surface area contributed by atoms with Gasteiger partial charge in [0.05, 0.1) is 7.11 Å². The molecule has 0 aliphatic carbocycles. The van der Waals surface area contributed by atoms with Crippen molar-refractivity contribution in [2.75, 3.05) is 7.11 Å². The molecule has 72 valence electrons. The molecule has 0 aliphatic rings. The molecule has 0 amide bonds. The summed E-state index contributed by atoms with van der Waals surface area (Å²) in [7, 11) is 1.65. The van der Waals surface area contributed by atoms with Gasteiger partial charge >= 0.3 is 0 Å². The summed E-state index contributed by atoms with van der Waals surface area (Å²) in [5.41, 5.74) is 6.63. The third kappa shape index (κ3) is 2.45. The van der Waals surface area contributed by atoms with Gasteiger partial charge in [0, 0.05) is 15.6 Å². The second-order valence-electron chi connectivity index (χ2n) is 3.57. The quantitative estimate of drug-likeness (QED) is 0.867. The Hall–Kier alpha value is -0.540. The molecule has 3 heteroatoms. The summed E-state index contributed by atoms with van der Waals surface area (Å²) < 4.78 is 6.24. The summed E-state index contributed by atoms with van der Waals surface area (Å²) in [5.74, 6) is 0.829. The normalized spacial score (nSPS) is 11.5. The molecule has 0 aliphatic heterocycles. The number of nitrogens with two attached hydrogens (primary N) is 1. The Morgan fingerprint density at radius 3 is 2.46 bits per heavy atom. The third-order valence-corrected chi connectivity index (χ3v) is 2.35. The van der Waals surface area contributed by atoms with E-state index < -0.39 is 0 Å². The fourth-order valence-electron chi connectivity index (χ4n) is 1.18. The fourth-order valence-corrected chi connectivity index (χ4v) is 1.54. The van der Waals surface area contributed by atoms with Crippen molar-refractivity contribution < 1.29 is 4.74 Å². The van der Waals surface area contributed by atoms with Crippen LogP contribution in [0.5, 0.6) is 5.75 Å². The molecule has 0 radical (unpaired) electrons. The predicted octanol–water partition coefficient (Wildman–Crippen LogP) is 2.65. The van der Waals surface area contributed by atoms with Gasteiger partial charge in [-0.15, -0.1) is 0 Å². The van der Waals surface area contributed by atoms with Crippen LogP contribution in [0.25, 0.3) is 0 Å². The molecule has 2 N–H and O–H groups in total. The predicted molar refractivity (Wildman–Crippen MR) is 57.9 cm³/mol. The van der Waals surface area contributed by atoms with Crippen molar-refractivity contribution in [2.24, 2.45) is 5.73 Å². The first-order valence-corrected chi connectivity index (χ1v) is 4.87. The van der Waals surface area contributed by atoms with E-state index in [4.69, 9.17) is 10.5 Å². The number of ether oxygens (including phenoxy) is 1.